The minimum absolute atomic E-state index is 0.0512. The van der Waals surface area contributed by atoms with E-state index in [9.17, 15) is 14.4 Å². The Labute approximate surface area is 121 Å². The smallest absolute Gasteiger partial charge is 0.233 e. The van der Waals surface area contributed by atoms with Crippen LogP contribution in [0.25, 0.3) is 0 Å². The van der Waals surface area contributed by atoms with Crippen molar-refractivity contribution in [1.82, 2.24) is 4.90 Å². The minimum Gasteiger partial charge on any atom is -0.299 e. The normalized spacial score (nSPS) is 21.0. The zero-order valence-electron chi connectivity index (χ0n) is 13.7. The molecule has 1 aliphatic heterocycles. The van der Waals surface area contributed by atoms with Crippen LogP contribution < -0.4 is 0 Å². The van der Waals surface area contributed by atoms with Gasteiger partial charge in [0.25, 0.3) is 0 Å². The number of Topliss-reactive ketones (excluding diaryl/α,β-unsaturated/α-hetero) is 1. The molecule has 114 valence electrons. The zero-order valence-corrected chi connectivity index (χ0v) is 13.7. The van der Waals surface area contributed by atoms with E-state index in [-0.39, 0.29) is 35.9 Å². The van der Waals surface area contributed by atoms with Crippen molar-refractivity contribution in [2.45, 2.75) is 66.8 Å². The Morgan fingerprint density at radius 3 is 2.10 bits per heavy atom. The standard InChI is InChI=1S/C16H27NO3/c1-10(2)13(19)15(4,5)9-16(6,7)17-12(18)8-11(3)14(17)20/h10-11H,8-9H2,1-7H3. The van der Waals surface area contributed by atoms with Gasteiger partial charge in [-0.3, -0.25) is 19.3 Å². The molecule has 0 bridgehead atoms. The molecule has 4 nitrogen and oxygen atoms in total. The first-order chi connectivity index (χ1) is 8.90. The molecule has 4 heteroatoms. The highest BCUT2D eigenvalue weighted by Gasteiger charge is 2.47. The van der Waals surface area contributed by atoms with Crippen LogP contribution >= 0.6 is 0 Å². The van der Waals surface area contributed by atoms with Gasteiger partial charge in [-0.1, -0.05) is 34.6 Å². The summed E-state index contributed by atoms with van der Waals surface area (Å²) in [7, 11) is 0. The average Bonchev–Trinajstić information content (AvgIpc) is 2.50. The summed E-state index contributed by atoms with van der Waals surface area (Å²) in [5.74, 6) is -0.374. The predicted molar refractivity (Wildman–Crippen MR) is 78.0 cm³/mol. The van der Waals surface area contributed by atoms with Crippen molar-refractivity contribution in [3.63, 3.8) is 0 Å². The van der Waals surface area contributed by atoms with Gasteiger partial charge < -0.3 is 0 Å². The van der Waals surface area contributed by atoms with Crippen LogP contribution in [0.1, 0.15) is 61.3 Å². The molecule has 0 aromatic heterocycles. The highest BCUT2D eigenvalue weighted by atomic mass is 16.2. The lowest BCUT2D eigenvalue weighted by Gasteiger charge is -2.40. The summed E-state index contributed by atoms with van der Waals surface area (Å²) < 4.78 is 0. The number of nitrogens with zero attached hydrogens (tertiary/aromatic N) is 1. The van der Waals surface area contributed by atoms with Crippen LogP contribution in [0.5, 0.6) is 0 Å². The highest BCUT2D eigenvalue weighted by Crippen LogP contribution is 2.37. The third-order valence-corrected chi connectivity index (χ3v) is 4.04. The van der Waals surface area contributed by atoms with E-state index < -0.39 is 11.0 Å². The van der Waals surface area contributed by atoms with Crippen molar-refractivity contribution < 1.29 is 14.4 Å². The summed E-state index contributed by atoms with van der Waals surface area (Å²) in [6.45, 7) is 13.1. The molecular formula is C16H27NO3. The van der Waals surface area contributed by atoms with Gasteiger partial charge in [0.05, 0.1) is 0 Å². The number of rotatable bonds is 5. The largest absolute Gasteiger partial charge is 0.299 e. The molecule has 0 aliphatic carbocycles. The third-order valence-electron chi connectivity index (χ3n) is 4.04. The monoisotopic (exact) mass is 281 g/mol. The van der Waals surface area contributed by atoms with Crippen LogP contribution in [0.2, 0.25) is 0 Å². The molecule has 0 aromatic carbocycles. The topological polar surface area (TPSA) is 54.5 Å². The molecule has 0 spiro atoms. The summed E-state index contributed by atoms with van der Waals surface area (Å²) in [5, 5.41) is 0. The van der Waals surface area contributed by atoms with Gasteiger partial charge in [-0.2, -0.15) is 0 Å². The lowest BCUT2D eigenvalue weighted by Crippen LogP contribution is -2.51. The van der Waals surface area contributed by atoms with Crippen LogP contribution in [0.4, 0.5) is 0 Å². The zero-order chi connectivity index (χ0) is 15.9. The fourth-order valence-corrected chi connectivity index (χ4v) is 3.45. The summed E-state index contributed by atoms with van der Waals surface area (Å²) in [6, 6.07) is 0. The molecule has 20 heavy (non-hydrogen) atoms. The van der Waals surface area contributed by atoms with E-state index in [0.717, 1.165) is 0 Å². The molecule has 1 rings (SSSR count). The van der Waals surface area contributed by atoms with Crippen molar-refractivity contribution in [1.29, 1.82) is 0 Å². The van der Waals surface area contributed by atoms with Crippen LogP contribution in [-0.4, -0.2) is 28.0 Å². The fraction of sp³-hybridized carbons (Fsp3) is 0.812. The molecule has 2 amide bonds. The average molecular weight is 281 g/mol. The molecule has 0 saturated carbocycles. The first-order valence-electron chi connectivity index (χ1n) is 7.31. The molecule has 0 radical (unpaired) electrons. The number of amides is 2. The maximum absolute atomic E-state index is 12.3. The van der Waals surface area contributed by atoms with Gasteiger partial charge in [0.15, 0.2) is 0 Å². The Morgan fingerprint density at radius 1 is 1.25 bits per heavy atom. The van der Waals surface area contributed by atoms with Gasteiger partial charge in [-0.05, 0) is 20.3 Å². The molecule has 1 fully saturated rings. The van der Waals surface area contributed by atoms with Crippen LogP contribution in [0, 0.1) is 17.3 Å². The molecule has 1 aliphatic rings. The number of carbonyl (C=O) groups is 3. The summed E-state index contributed by atoms with van der Waals surface area (Å²) in [4.78, 5) is 37.9. The minimum atomic E-state index is -0.632. The lowest BCUT2D eigenvalue weighted by atomic mass is 9.73. The molecular weight excluding hydrogens is 254 g/mol. The fourth-order valence-electron chi connectivity index (χ4n) is 3.45. The third kappa shape index (κ3) is 3.10. The quantitative estimate of drug-likeness (QED) is 0.728. The lowest BCUT2D eigenvalue weighted by molar-refractivity contribution is -0.148. The Hall–Kier alpha value is -1.19. The van der Waals surface area contributed by atoms with Crippen molar-refractivity contribution >= 4 is 17.6 Å². The second-order valence-electron chi connectivity index (χ2n) is 7.56. The van der Waals surface area contributed by atoms with Gasteiger partial charge >= 0.3 is 0 Å². The first kappa shape index (κ1) is 16.9. The predicted octanol–water partition coefficient (Wildman–Crippen LogP) is 2.80. The molecule has 1 unspecified atom stereocenters. The Bertz CT molecular complexity index is 435. The van der Waals surface area contributed by atoms with Crippen molar-refractivity contribution in [3.05, 3.63) is 0 Å². The van der Waals surface area contributed by atoms with Gasteiger partial charge in [-0.25, -0.2) is 0 Å². The van der Waals surface area contributed by atoms with Crippen LogP contribution in [-0.2, 0) is 14.4 Å². The second-order valence-corrected chi connectivity index (χ2v) is 7.56. The molecule has 0 N–H and O–H groups in total. The number of hydrogen-bond donors (Lipinski definition) is 0. The highest BCUT2D eigenvalue weighted by molar-refractivity contribution is 6.04. The van der Waals surface area contributed by atoms with Crippen LogP contribution in [0.3, 0.4) is 0 Å². The van der Waals surface area contributed by atoms with E-state index >= 15 is 0 Å². The van der Waals surface area contributed by atoms with Crippen molar-refractivity contribution in [2.24, 2.45) is 17.3 Å². The number of carbonyl (C=O) groups excluding carboxylic acids is 3. The number of hydrogen-bond acceptors (Lipinski definition) is 3. The van der Waals surface area contributed by atoms with Gasteiger partial charge in [0, 0.05) is 29.2 Å². The van der Waals surface area contributed by atoms with Crippen molar-refractivity contribution in [2.75, 3.05) is 0 Å². The van der Waals surface area contributed by atoms with E-state index in [1.807, 2.05) is 41.5 Å². The second kappa shape index (κ2) is 5.30. The van der Waals surface area contributed by atoms with E-state index in [1.54, 1.807) is 6.92 Å². The van der Waals surface area contributed by atoms with Gasteiger partial charge in [0.1, 0.15) is 5.78 Å². The molecule has 1 heterocycles. The van der Waals surface area contributed by atoms with E-state index in [0.29, 0.717) is 6.42 Å². The first-order valence-corrected chi connectivity index (χ1v) is 7.31. The maximum Gasteiger partial charge on any atom is 0.233 e. The van der Waals surface area contributed by atoms with Gasteiger partial charge in [-0.15, -0.1) is 0 Å². The van der Waals surface area contributed by atoms with E-state index in [4.69, 9.17) is 0 Å². The summed E-state index contributed by atoms with van der Waals surface area (Å²) in [5.41, 5.74) is -1.18. The Morgan fingerprint density at radius 2 is 1.75 bits per heavy atom. The summed E-state index contributed by atoms with van der Waals surface area (Å²) in [6.07, 6.45) is 0.766. The summed E-state index contributed by atoms with van der Waals surface area (Å²) >= 11 is 0. The molecule has 1 saturated heterocycles. The molecule has 1 atom stereocenters. The number of likely N-dealkylation sites (tertiary alicyclic amines) is 1. The van der Waals surface area contributed by atoms with Gasteiger partial charge in [0.2, 0.25) is 11.8 Å². The Kier molecular flexibility index (Phi) is 4.47. The van der Waals surface area contributed by atoms with Crippen molar-refractivity contribution in [3.8, 4) is 0 Å². The van der Waals surface area contributed by atoms with Crippen LogP contribution in [0.15, 0.2) is 0 Å². The van der Waals surface area contributed by atoms with E-state index in [2.05, 4.69) is 0 Å². The molecule has 0 aromatic rings. The Balaban J connectivity index is 2.98. The van der Waals surface area contributed by atoms with E-state index in [1.165, 1.54) is 4.90 Å². The SMILES string of the molecule is CC(C)C(=O)C(C)(C)CC(C)(C)N1C(=O)CC(C)C1=O. The number of ketones is 1. The maximum atomic E-state index is 12.3. The number of imide groups is 1.